The number of H-pyrrole nitrogens is 1. The zero-order valence-corrected chi connectivity index (χ0v) is 10.6. The van der Waals surface area contributed by atoms with Crippen molar-refractivity contribution in [3.63, 3.8) is 0 Å². The van der Waals surface area contributed by atoms with Crippen LogP contribution in [0.25, 0.3) is 0 Å². The molecule has 0 unspecified atom stereocenters. The normalized spacial score (nSPS) is 16.0. The van der Waals surface area contributed by atoms with Crippen LogP contribution in [0.3, 0.4) is 0 Å². The minimum atomic E-state index is -0.0393. The molecule has 2 rings (SSSR count). The molecule has 1 N–H and O–H groups in total. The molecule has 1 aliphatic rings. The van der Waals surface area contributed by atoms with E-state index < -0.39 is 0 Å². The van der Waals surface area contributed by atoms with E-state index in [1.807, 2.05) is 0 Å². The summed E-state index contributed by atoms with van der Waals surface area (Å²) in [7, 11) is 0. The van der Waals surface area contributed by atoms with Crippen molar-refractivity contribution in [1.82, 2.24) is 9.97 Å². The molecule has 0 spiro atoms. The second kappa shape index (κ2) is 4.08. The van der Waals surface area contributed by atoms with Crippen LogP contribution >= 0.6 is 15.9 Å². The van der Waals surface area contributed by atoms with Gasteiger partial charge in [0.25, 0.3) is 5.56 Å². The maximum Gasteiger partial charge on any atom is 0.265 e. The fraction of sp³-hybridized carbons (Fsp3) is 0.636. The predicted octanol–water partition coefficient (Wildman–Crippen LogP) is 2.61. The van der Waals surface area contributed by atoms with Crippen LogP contribution in [0.1, 0.15) is 44.1 Å². The van der Waals surface area contributed by atoms with Gasteiger partial charge in [-0.3, -0.25) is 4.79 Å². The van der Waals surface area contributed by atoms with Crippen LogP contribution in [0.2, 0.25) is 0 Å². The molecule has 0 aliphatic heterocycles. The van der Waals surface area contributed by atoms with Gasteiger partial charge in [0.2, 0.25) is 0 Å². The Morgan fingerprint density at radius 2 is 2.20 bits per heavy atom. The lowest BCUT2D eigenvalue weighted by molar-refractivity contribution is 0.626. The Balaban J connectivity index is 2.38. The zero-order valence-electron chi connectivity index (χ0n) is 9.01. The molecule has 1 aromatic heterocycles. The van der Waals surface area contributed by atoms with Crippen molar-refractivity contribution < 1.29 is 0 Å². The summed E-state index contributed by atoms with van der Waals surface area (Å²) in [5.41, 5.74) is 0.859. The van der Waals surface area contributed by atoms with E-state index in [2.05, 4.69) is 39.7 Å². The maximum atomic E-state index is 11.6. The fourth-order valence-electron chi connectivity index (χ4n) is 1.60. The smallest absolute Gasteiger partial charge is 0.265 e. The number of rotatable bonds is 3. The van der Waals surface area contributed by atoms with E-state index in [9.17, 15) is 4.79 Å². The van der Waals surface area contributed by atoms with Gasteiger partial charge in [-0.05, 0) is 41.1 Å². The Kier molecular flexibility index (Phi) is 2.96. The van der Waals surface area contributed by atoms with Crippen LogP contribution in [-0.2, 0) is 6.42 Å². The van der Waals surface area contributed by atoms with Crippen LogP contribution in [0, 0.1) is 5.92 Å². The van der Waals surface area contributed by atoms with Crippen LogP contribution < -0.4 is 5.56 Å². The van der Waals surface area contributed by atoms with Crippen molar-refractivity contribution in [2.75, 3.05) is 0 Å². The average molecular weight is 271 g/mol. The van der Waals surface area contributed by atoms with Gasteiger partial charge in [-0.1, -0.05) is 13.8 Å². The highest BCUT2D eigenvalue weighted by atomic mass is 79.9. The number of halogens is 1. The third kappa shape index (κ3) is 2.48. The Labute approximate surface area is 97.4 Å². The Morgan fingerprint density at radius 3 is 2.73 bits per heavy atom. The van der Waals surface area contributed by atoms with Crippen molar-refractivity contribution in [3.8, 4) is 0 Å². The van der Waals surface area contributed by atoms with Gasteiger partial charge in [0.15, 0.2) is 0 Å². The van der Waals surface area contributed by atoms with E-state index in [-0.39, 0.29) is 5.56 Å². The van der Waals surface area contributed by atoms with Gasteiger partial charge in [-0.25, -0.2) is 4.98 Å². The summed E-state index contributed by atoms with van der Waals surface area (Å²) < 4.78 is 0.598. The van der Waals surface area contributed by atoms with E-state index in [1.165, 1.54) is 0 Å². The first-order valence-corrected chi connectivity index (χ1v) is 6.15. The molecule has 0 amide bonds. The molecule has 3 nitrogen and oxygen atoms in total. The monoisotopic (exact) mass is 270 g/mol. The minimum absolute atomic E-state index is 0.0393. The van der Waals surface area contributed by atoms with Crippen LogP contribution in [0.15, 0.2) is 9.27 Å². The van der Waals surface area contributed by atoms with Crippen LogP contribution in [-0.4, -0.2) is 9.97 Å². The molecule has 1 aromatic rings. The summed E-state index contributed by atoms with van der Waals surface area (Å²) in [6.07, 6.45) is 3.17. The molecule has 15 heavy (non-hydrogen) atoms. The summed E-state index contributed by atoms with van der Waals surface area (Å²) in [4.78, 5) is 19.0. The average Bonchev–Trinajstić information content (AvgIpc) is 2.94. The fourth-order valence-corrected chi connectivity index (χ4v) is 1.95. The standard InChI is InChI=1S/C11H15BrN2O/c1-6(2)5-8-9(12)11(15)14-10(13-8)7-3-4-7/h6-7H,3-5H2,1-2H3,(H,13,14,15). The molecule has 0 bridgehead atoms. The number of nitrogens with one attached hydrogen (secondary N) is 1. The molecule has 0 aromatic carbocycles. The van der Waals surface area contributed by atoms with Crippen molar-refractivity contribution in [1.29, 1.82) is 0 Å². The van der Waals surface area contributed by atoms with Gasteiger partial charge >= 0.3 is 0 Å². The number of nitrogens with zero attached hydrogens (tertiary/aromatic N) is 1. The third-order valence-corrected chi connectivity index (χ3v) is 3.33. The molecule has 0 atom stereocenters. The second-order valence-electron chi connectivity index (χ2n) is 4.58. The van der Waals surface area contributed by atoms with E-state index in [0.29, 0.717) is 16.3 Å². The quantitative estimate of drug-likeness (QED) is 0.918. The lowest BCUT2D eigenvalue weighted by Gasteiger charge is -2.07. The summed E-state index contributed by atoms with van der Waals surface area (Å²) in [6, 6.07) is 0. The predicted molar refractivity (Wildman–Crippen MR) is 63.1 cm³/mol. The highest BCUT2D eigenvalue weighted by Gasteiger charge is 2.27. The van der Waals surface area contributed by atoms with Crippen molar-refractivity contribution in [2.24, 2.45) is 5.92 Å². The molecular formula is C11H15BrN2O. The number of aromatic nitrogens is 2. The van der Waals surface area contributed by atoms with Gasteiger partial charge in [0, 0.05) is 5.92 Å². The van der Waals surface area contributed by atoms with E-state index >= 15 is 0 Å². The van der Waals surface area contributed by atoms with E-state index in [1.54, 1.807) is 0 Å². The highest BCUT2D eigenvalue weighted by molar-refractivity contribution is 9.10. The third-order valence-electron chi connectivity index (χ3n) is 2.52. The zero-order chi connectivity index (χ0) is 11.0. The summed E-state index contributed by atoms with van der Waals surface area (Å²) in [6.45, 7) is 4.26. The van der Waals surface area contributed by atoms with Crippen molar-refractivity contribution in [2.45, 2.75) is 39.0 Å². The topological polar surface area (TPSA) is 45.8 Å². The maximum absolute atomic E-state index is 11.6. The number of hydrogen-bond acceptors (Lipinski definition) is 2. The number of hydrogen-bond donors (Lipinski definition) is 1. The highest BCUT2D eigenvalue weighted by Crippen LogP contribution is 2.37. The number of aromatic amines is 1. The molecule has 0 saturated heterocycles. The molecule has 1 saturated carbocycles. The summed E-state index contributed by atoms with van der Waals surface area (Å²) in [5.74, 6) is 1.89. The first-order chi connectivity index (χ1) is 7.08. The van der Waals surface area contributed by atoms with Crippen LogP contribution in [0.5, 0.6) is 0 Å². The lowest BCUT2D eigenvalue weighted by atomic mass is 10.1. The molecule has 82 valence electrons. The van der Waals surface area contributed by atoms with Crippen LogP contribution in [0.4, 0.5) is 0 Å². The first kappa shape index (κ1) is 10.9. The summed E-state index contributed by atoms with van der Waals surface area (Å²) >= 11 is 3.31. The molecule has 0 radical (unpaired) electrons. The molecule has 4 heteroatoms. The Bertz CT molecular complexity index is 421. The Hall–Kier alpha value is -0.640. The van der Waals surface area contributed by atoms with E-state index in [4.69, 9.17) is 0 Å². The van der Waals surface area contributed by atoms with Gasteiger partial charge in [-0.15, -0.1) is 0 Å². The first-order valence-electron chi connectivity index (χ1n) is 5.36. The molecule has 1 fully saturated rings. The van der Waals surface area contributed by atoms with Gasteiger partial charge in [0.1, 0.15) is 10.3 Å². The van der Waals surface area contributed by atoms with Crippen molar-refractivity contribution in [3.05, 3.63) is 26.3 Å². The van der Waals surface area contributed by atoms with Gasteiger partial charge in [0.05, 0.1) is 5.69 Å². The molecular weight excluding hydrogens is 256 g/mol. The Morgan fingerprint density at radius 1 is 1.53 bits per heavy atom. The van der Waals surface area contributed by atoms with Crippen molar-refractivity contribution >= 4 is 15.9 Å². The molecule has 1 heterocycles. The van der Waals surface area contributed by atoms with Gasteiger partial charge < -0.3 is 4.98 Å². The second-order valence-corrected chi connectivity index (χ2v) is 5.38. The summed E-state index contributed by atoms with van der Waals surface area (Å²) in [5, 5.41) is 0. The minimum Gasteiger partial charge on any atom is -0.309 e. The largest absolute Gasteiger partial charge is 0.309 e. The van der Waals surface area contributed by atoms with E-state index in [0.717, 1.165) is 30.8 Å². The van der Waals surface area contributed by atoms with Gasteiger partial charge in [-0.2, -0.15) is 0 Å². The SMILES string of the molecule is CC(C)Cc1nc(C2CC2)[nH]c(=O)c1Br. The lowest BCUT2D eigenvalue weighted by Crippen LogP contribution is -2.16. The molecule has 1 aliphatic carbocycles.